The molecule has 2 aromatic rings. The molecule has 0 saturated heterocycles. The number of carbonyl (C=O) groups excluding carboxylic acids is 1. The molecule has 0 spiro atoms. The maximum absolute atomic E-state index is 12.3. The molecule has 0 bridgehead atoms. The summed E-state index contributed by atoms with van der Waals surface area (Å²) in [5.74, 6) is -0.536. The Kier molecular flexibility index (Phi) is 6.25. The van der Waals surface area contributed by atoms with Gasteiger partial charge in [0.25, 0.3) is 6.08 Å². The number of anilines is 2. The van der Waals surface area contributed by atoms with Crippen LogP contribution in [0, 0.1) is 13.8 Å². The number of aromatic nitrogens is 1. The highest BCUT2D eigenvalue weighted by Crippen LogP contribution is 2.31. The number of aryl methyl sites for hydroxylation is 2. The Labute approximate surface area is 149 Å². The van der Waals surface area contributed by atoms with Crippen LogP contribution in [-0.4, -0.2) is 24.6 Å². The zero-order valence-corrected chi connectivity index (χ0v) is 15.4. The molecule has 0 radical (unpaired) electrons. The molecule has 2 rings (SSSR count). The van der Waals surface area contributed by atoms with Gasteiger partial charge in [0.2, 0.25) is 0 Å². The smallest absolute Gasteiger partial charge is 0.350 e. The van der Waals surface area contributed by atoms with Crippen LogP contribution in [0.5, 0.6) is 0 Å². The van der Waals surface area contributed by atoms with E-state index in [1.165, 1.54) is 18.3 Å². The van der Waals surface area contributed by atoms with E-state index in [9.17, 15) is 13.6 Å². The lowest BCUT2D eigenvalue weighted by Gasteiger charge is -2.15. The van der Waals surface area contributed by atoms with Gasteiger partial charge in [-0.05, 0) is 38.5 Å². The van der Waals surface area contributed by atoms with Crippen LogP contribution in [0.1, 0.15) is 34.3 Å². The van der Waals surface area contributed by atoms with E-state index in [1.54, 1.807) is 6.92 Å². The van der Waals surface area contributed by atoms with Crippen molar-refractivity contribution in [3.8, 4) is 0 Å². The number of carbonyl (C=O) groups is 1. The molecule has 0 saturated carbocycles. The van der Waals surface area contributed by atoms with Gasteiger partial charge in [0.1, 0.15) is 4.88 Å². The average Bonchev–Trinajstić information content (AvgIpc) is 2.96. The summed E-state index contributed by atoms with van der Waals surface area (Å²) in [5, 5.41) is 0.666. The van der Waals surface area contributed by atoms with E-state index < -0.39 is 12.0 Å². The van der Waals surface area contributed by atoms with Crippen LogP contribution in [0.4, 0.5) is 19.6 Å². The molecule has 1 heterocycles. The van der Waals surface area contributed by atoms with Crippen molar-refractivity contribution in [2.75, 3.05) is 18.6 Å². The van der Waals surface area contributed by atoms with E-state index in [-0.39, 0.29) is 18.6 Å². The maximum Gasteiger partial charge on any atom is 0.350 e. The minimum absolute atomic E-state index is 0.0159. The first-order chi connectivity index (χ1) is 11.8. The molecule has 4 nitrogen and oxygen atoms in total. The Morgan fingerprint density at radius 1 is 1.24 bits per heavy atom. The van der Waals surface area contributed by atoms with Gasteiger partial charge < -0.3 is 9.64 Å². The molecule has 0 aliphatic carbocycles. The fourth-order valence-corrected chi connectivity index (χ4v) is 2.99. The summed E-state index contributed by atoms with van der Waals surface area (Å²) in [6.45, 7) is 4.97. The van der Waals surface area contributed by atoms with Gasteiger partial charge in [0.15, 0.2) is 5.13 Å². The SMILES string of the molecule is CC(CCOC(=O)c1sc(N(C)c2ccc(C)cc2)nc1C)=C(F)F. The molecule has 134 valence electrons. The van der Waals surface area contributed by atoms with Gasteiger partial charge in [0, 0.05) is 19.2 Å². The molecular formula is C18H20F2N2O2S. The number of esters is 1. The lowest BCUT2D eigenvalue weighted by molar-refractivity contribution is 0.0512. The number of halogens is 2. The van der Waals surface area contributed by atoms with Crippen molar-refractivity contribution in [3.05, 3.63) is 52.1 Å². The Hall–Kier alpha value is -2.28. The minimum Gasteiger partial charge on any atom is -0.461 e. The molecule has 0 aliphatic heterocycles. The number of nitrogens with zero attached hydrogens (tertiary/aromatic N) is 2. The second-order valence-corrected chi connectivity index (χ2v) is 6.71. The van der Waals surface area contributed by atoms with E-state index in [0.29, 0.717) is 15.7 Å². The van der Waals surface area contributed by atoms with Gasteiger partial charge in [-0.3, -0.25) is 0 Å². The predicted octanol–water partition coefficient (Wildman–Crippen LogP) is 5.25. The topological polar surface area (TPSA) is 42.4 Å². The first-order valence-electron chi connectivity index (χ1n) is 7.75. The first-order valence-corrected chi connectivity index (χ1v) is 8.57. The lowest BCUT2D eigenvalue weighted by Crippen LogP contribution is -2.08. The predicted molar refractivity (Wildman–Crippen MR) is 95.9 cm³/mol. The molecule has 1 aromatic carbocycles. The number of benzene rings is 1. The second kappa shape index (κ2) is 8.20. The monoisotopic (exact) mass is 366 g/mol. The third-order valence-corrected chi connectivity index (χ3v) is 4.93. The summed E-state index contributed by atoms with van der Waals surface area (Å²) in [6.07, 6.45) is -1.71. The number of ether oxygens (including phenoxy) is 1. The summed E-state index contributed by atoms with van der Waals surface area (Å²) < 4.78 is 29.8. The molecule has 0 aliphatic rings. The summed E-state index contributed by atoms with van der Waals surface area (Å²) in [6, 6.07) is 7.96. The largest absolute Gasteiger partial charge is 0.461 e. The van der Waals surface area contributed by atoms with Crippen molar-refractivity contribution >= 4 is 28.1 Å². The molecule has 0 fully saturated rings. The van der Waals surface area contributed by atoms with Crippen molar-refractivity contribution in [1.82, 2.24) is 4.98 Å². The zero-order chi connectivity index (χ0) is 18.6. The Morgan fingerprint density at radius 2 is 1.88 bits per heavy atom. The van der Waals surface area contributed by atoms with Gasteiger partial charge in [-0.25, -0.2) is 9.78 Å². The fourth-order valence-electron chi connectivity index (χ4n) is 2.05. The Morgan fingerprint density at radius 3 is 2.48 bits per heavy atom. The van der Waals surface area contributed by atoms with Gasteiger partial charge in [-0.2, -0.15) is 8.78 Å². The second-order valence-electron chi connectivity index (χ2n) is 5.73. The van der Waals surface area contributed by atoms with Crippen molar-refractivity contribution < 1.29 is 18.3 Å². The molecule has 0 unspecified atom stereocenters. The zero-order valence-electron chi connectivity index (χ0n) is 14.6. The van der Waals surface area contributed by atoms with Gasteiger partial charge in [-0.15, -0.1) is 0 Å². The molecule has 0 amide bonds. The molecule has 0 atom stereocenters. The third-order valence-electron chi connectivity index (χ3n) is 3.71. The van der Waals surface area contributed by atoms with Crippen molar-refractivity contribution in [2.24, 2.45) is 0 Å². The van der Waals surface area contributed by atoms with Crippen LogP contribution in [0.25, 0.3) is 0 Å². The normalized spacial score (nSPS) is 10.5. The van der Waals surface area contributed by atoms with Crippen molar-refractivity contribution in [3.63, 3.8) is 0 Å². The highest BCUT2D eigenvalue weighted by Gasteiger charge is 2.19. The number of thiazole rings is 1. The van der Waals surface area contributed by atoms with Gasteiger partial charge >= 0.3 is 5.97 Å². The van der Waals surface area contributed by atoms with Crippen LogP contribution in [0.3, 0.4) is 0 Å². The lowest BCUT2D eigenvalue weighted by atomic mass is 10.2. The average molecular weight is 366 g/mol. The van der Waals surface area contributed by atoms with Crippen LogP contribution in [0.15, 0.2) is 35.9 Å². The fraction of sp³-hybridized carbons (Fsp3) is 0.333. The van der Waals surface area contributed by atoms with Crippen LogP contribution in [-0.2, 0) is 4.74 Å². The van der Waals surface area contributed by atoms with Gasteiger partial charge in [-0.1, -0.05) is 29.0 Å². The van der Waals surface area contributed by atoms with Crippen LogP contribution < -0.4 is 4.90 Å². The first kappa shape index (κ1) is 19.1. The van der Waals surface area contributed by atoms with Gasteiger partial charge in [0.05, 0.1) is 12.3 Å². The van der Waals surface area contributed by atoms with E-state index in [1.807, 2.05) is 43.1 Å². The highest BCUT2D eigenvalue weighted by molar-refractivity contribution is 7.17. The quantitative estimate of drug-likeness (QED) is 0.655. The van der Waals surface area contributed by atoms with Crippen molar-refractivity contribution in [2.45, 2.75) is 27.2 Å². The molecule has 7 heteroatoms. The van der Waals surface area contributed by atoms with Crippen LogP contribution >= 0.6 is 11.3 Å². The molecule has 0 N–H and O–H groups in total. The standard InChI is InChI=1S/C18H20F2N2O2S/c1-11-5-7-14(8-6-11)22(4)18-21-13(3)15(25-18)17(23)24-10-9-12(2)16(19)20/h5-8H,9-10H2,1-4H3. The number of hydrogen-bond donors (Lipinski definition) is 0. The van der Waals surface area contributed by atoms with E-state index >= 15 is 0 Å². The van der Waals surface area contributed by atoms with E-state index in [2.05, 4.69) is 4.98 Å². The summed E-state index contributed by atoms with van der Waals surface area (Å²) in [5.41, 5.74) is 2.60. The Bertz CT molecular complexity index is 781. The third kappa shape index (κ3) is 4.85. The Balaban J connectivity index is 2.07. The molecule has 25 heavy (non-hydrogen) atoms. The van der Waals surface area contributed by atoms with Crippen molar-refractivity contribution in [1.29, 1.82) is 0 Å². The number of rotatable bonds is 6. The summed E-state index contributed by atoms with van der Waals surface area (Å²) in [7, 11) is 1.87. The minimum atomic E-state index is -1.73. The molecular weight excluding hydrogens is 346 g/mol. The van der Waals surface area contributed by atoms with E-state index in [4.69, 9.17) is 4.74 Å². The highest BCUT2D eigenvalue weighted by atomic mass is 32.1. The number of hydrogen-bond acceptors (Lipinski definition) is 5. The maximum atomic E-state index is 12.3. The van der Waals surface area contributed by atoms with Crippen LogP contribution in [0.2, 0.25) is 0 Å². The summed E-state index contributed by atoms with van der Waals surface area (Å²) in [4.78, 5) is 18.8. The summed E-state index contributed by atoms with van der Waals surface area (Å²) >= 11 is 1.22. The van der Waals surface area contributed by atoms with E-state index in [0.717, 1.165) is 11.3 Å². The molecule has 1 aromatic heterocycles.